The van der Waals surface area contributed by atoms with Crippen LogP contribution in [-0.4, -0.2) is 40.6 Å². The van der Waals surface area contributed by atoms with Gasteiger partial charge in [-0.25, -0.2) is 4.98 Å². The lowest BCUT2D eigenvalue weighted by atomic mass is 9.66. The summed E-state index contributed by atoms with van der Waals surface area (Å²) in [7, 11) is 0. The van der Waals surface area contributed by atoms with Gasteiger partial charge in [0.15, 0.2) is 0 Å². The van der Waals surface area contributed by atoms with Crippen molar-refractivity contribution in [2.45, 2.75) is 18.9 Å². The Morgan fingerprint density at radius 3 is 2.50 bits per heavy atom. The van der Waals surface area contributed by atoms with Gasteiger partial charge < -0.3 is 9.64 Å². The number of piperidine rings is 3. The molecule has 0 amide bonds. The van der Waals surface area contributed by atoms with E-state index in [1.54, 1.807) is 18.6 Å². The van der Waals surface area contributed by atoms with E-state index in [2.05, 4.69) is 14.9 Å². The Hall–Kier alpha value is -0.870. The highest BCUT2D eigenvalue weighted by Gasteiger charge is 2.48. The lowest BCUT2D eigenvalue weighted by Gasteiger charge is -2.55. The Balaban J connectivity index is 0.000001000. The highest BCUT2D eigenvalue weighted by atomic mass is 35.5. The van der Waals surface area contributed by atoms with Crippen LogP contribution in [0.4, 0.5) is 0 Å². The first-order chi connectivity index (χ1) is 8.38. The van der Waals surface area contributed by atoms with Gasteiger partial charge in [-0.3, -0.25) is 4.98 Å². The third-order valence-electron chi connectivity index (χ3n) is 4.50. The smallest absolute Gasteiger partial charge is 0.232 e. The summed E-state index contributed by atoms with van der Waals surface area (Å²) in [4.78, 5) is 10.9. The maximum absolute atomic E-state index is 6.09. The van der Waals surface area contributed by atoms with Crippen LogP contribution < -0.4 is 4.74 Å². The highest BCUT2D eigenvalue weighted by Crippen LogP contribution is 2.44. The summed E-state index contributed by atoms with van der Waals surface area (Å²) in [5.74, 6) is 3.04. The van der Waals surface area contributed by atoms with Crippen molar-refractivity contribution in [1.82, 2.24) is 14.9 Å². The molecule has 4 bridgehead atoms. The number of halogens is 1. The zero-order valence-corrected chi connectivity index (χ0v) is 11.1. The van der Waals surface area contributed by atoms with Gasteiger partial charge in [0.1, 0.15) is 6.10 Å². The molecule has 4 nitrogen and oxygen atoms in total. The third kappa shape index (κ3) is 1.97. The average molecular weight is 268 g/mol. The van der Waals surface area contributed by atoms with Crippen LogP contribution in [0, 0.1) is 17.8 Å². The SMILES string of the molecule is Cl.c1cnc(OC2C3CC4CC2CN(C4)C3)cn1. The van der Waals surface area contributed by atoms with E-state index >= 15 is 0 Å². The minimum absolute atomic E-state index is 0. The van der Waals surface area contributed by atoms with E-state index in [-0.39, 0.29) is 12.4 Å². The molecule has 2 unspecified atom stereocenters. The summed E-state index contributed by atoms with van der Waals surface area (Å²) in [6.45, 7) is 3.76. The average Bonchev–Trinajstić information content (AvgIpc) is 2.34. The van der Waals surface area contributed by atoms with Crippen LogP contribution in [0.3, 0.4) is 0 Å². The zero-order chi connectivity index (χ0) is 11.2. The second kappa shape index (κ2) is 4.67. The fourth-order valence-electron chi connectivity index (χ4n) is 4.04. The van der Waals surface area contributed by atoms with Crippen LogP contribution in [0.1, 0.15) is 12.8 Å². The van der Waals surface area contributed by atoms with Gasteiger partial charge in [-0.05, 0) is 18.8 Å². The normalized spacial score (nSPS) is 40.3. The first-order valence-electron chi connectivity index (χ1n) is 6.53. The number of ether oxygens (including phenoxy) is 1. The maximum atomic E-state index is 6.09. The van der Waals surface area contributed by atoms with Crippen molar-refractivity contribution in [2.24, 2.45) is 17.8 Å². The van der Waals surface area contributed by atoms with Crippen molar-refractivity contribution in [3.63, 3.8) is 0 Å². The number of nitrogens with zero attached hydrogens (tertiary/aromatic N) is 3. The van der Waals surface area contributed by atoms with Crippen LogP contribution in [0.15, 0.2) is 18.6 Å². The van der Waals surface area contributed by atoms with Crippen molar-refractivity contribution in [2.75, 3.05) is 19.6 Å². The predicted molar refractivity (Wildman–Crippen MR) is 69.8 cm³/mol. The van der Waals surface area contributed by atoms with E-state index in [4.69, 9.17) is 4.74 Å². The molecular weight excluding hydrogens is 250 g/mol. The lowest BCUT2D eigenvalue weighted by Crippen LogP contribution is -2.61. The summed E-state index contributed by atoms with van der Waals surface area (Å²) in [6, 6.07) is 0. The molecule has 1 saturated carbocycles. The minimum atomic E-state index is 0. The number of hydrogen-bond acceptors (Lipinski definition) is 4. The molecule has 4 heterocycles. The number of rotatable bonds is 2. The second-order valence-electron chi connectivity index (χ2n) is 5.70. The zero-order valence-electron chi connectivity index (χ0n) is 10.2. The van der Waals surface area contributed by atoms with E-state index < -0.39 is 0 Å². The Labute approximate surface area is 113 Å². The monoisotopic (exact) mass is 267 g/mol. The van der Waals surface area contributed by atoms with E-state index in [1.807, 2.05) is 0 Å². The fourth-order valence-corrected chi connectivity index (χ4v) is 4.04. The van der Waals surface area contributed by atoms with Gasteiger partial charge in [0.25, 0.3) is 0 Å². The van der Waals surface area contributed by atoms with Gasteiger partial charge >= 0.3 is 0 Å². The molecular formula is C13H18ClN3O. The number of hydrogen-bond donors (Lipinski definition) is 0. The summed E-state index contributed by atoms with van der Waals surface area (Å²) < 4.78 is 6.09. The standard InChI is InChI=1S/C13H17N3O.ClH/c1-2-15-12(5-14-1)17-13-10-3-9-4-11(13)8-16(6-9)7-10;/h1-2,5,9-11,13H,3-4,6-8H2;1H. The van der Waals surface area contributed by atoms with E-state index in [0.717, 1.165) is 5.92 Å². The summed E-state index contributed by atoms with van der Waals surface area (Å²) in [6.07, 6.45) is 8.19. The molecule has 1 aromatic heterocycles. The molecule has 0 aromatic carbocycles. The first kappa shape index (κ1) is 12.2. The molecule has 3 aliphatic heterocycles. The van der Waals surface area contributed by atoms with Crippen LogP contribution in [0.5, 0.6) is 5.88 Å². The molecule has 98 valence electrons. The topological polar surface area (TPSA) is 38.2 Å². The van der Waals surface area contributed by atoms with E-state index in [9.17, 15) is 0 Å². The van der Waals surface area contributed by atoms with Crippen molar-refractivity contribution in [1.29, 1.82) is 0 Å². The van der Waals surface area contributed by atoms with Gasteiger partial charge in [-0.15, -0.1) is 12.4 Å². The molecule has 2 atom stereocenters. The molecule has 0 N–H and O–H groups in total. The Morgan fingerprint density at radius 1 is 1.11 bits per heavy atom. The van der Waals surface area contributed by atoms with Crippen LogP contribution in [0.25, 0.3) is 0 Å². The molecule has 1 aromatic rings. The molecule has 5 heteroatoms. The van der Waals surface area contributed by atoms with Crippen LogP contribution >= 0.6 is 12.4 Å². The molecule has 4 fully saturated rings. The van der Waals surface area contributed by atoms with Crippen molar-refractivity contribution in [3.8, 4) is 5.88 Å². The summed E-state index contributed by atoms with van der Waals surface area (Å²) >= 11 is 0. The van der Waals surface area contributed by atoms with Crippen molar-refractivity contribution in [3.05, 3.63) is 18.6 Å². The van der Waals surface area contributed by atoms with Crippen molar-refractivity contribution >= 4 is 12.4 Å². The molecule has 1 aliphatic carbocycles. The van der Waals surface area contributed by atoms with Crippen LogP contribution in [-0.2, 0) is 0 Å². The highest BCUT2D eigenvalue weighted by molar-refractivity contribution is 5.85. The lowest BCUT2D eigenvalue weighted by molar-refractivity contribution is -0.0998. The molecule has 3 saturated heterocycles. The van der Waals surface area contributed by atoms with Gasteiger partial charge in [0.05, 0.1) is 6.20 Å². The quantitative estimate of drug-likeness (QED) is 0.816. The first-order valence-corrected chi connectivity index (χ1v) is 6.53. The maximum Gasteiger partial charge on any atom is 0.232 e. The summed E-state index contributed by atoms with van der Waals surface area (Å²) in [5, 5.41) is 0. The minimum Gasteiger partial charge on any atom is -0.473 e. The predicted octanol–water partition coefficient (Wildman–Crippen LogP) is 1.62. The summed E-state index contributed by atoms with van der Waals surface area (Å²) in [5.41, 5.74) is 0. The Bertz CT molecular complexity index is 386. The van der Waals surface area contributed by atoms with Gasteiger partial charge in [-0.1, -0.05) is 0 Å². The van der Waals surface area contributed by atoms with Gasteiger partial charge in [0.2, 0.25) is 5.88 Å². The largest absolute Gasteiger partial charge is 0.473 e. The Kier molecular flexibility index (Phi) is 3.16. The Morgan fingerprint density at radius 2 is 1.89 bits per heavy atom. The van der Waals surface area contributed by atoms with E-state index in [0.29, 0.717) is 23.8 Å². The molecule has 5 rings (SSSR count). The second-order valence-corrected chi connectivity index (χ2v) is 5.70. The fraction of sp³-hybridized carbons (Fsp3) is 0.692. The third-order valence-corrected chi connectivity index (χ3v) is 4.50. The van der Waals surface area contributed by atoms with Gasteiger partial charge in [0, 0.05) is 43.9 Å². The van der Waals surface area contributed by atoms with Crippen molar-refractivity contribution < 1.29 is 4.74 Å². The van der Waals surface area contributed by atoms with Gasteiger partial charge in [-0.2, -0.15) is 0 Å². The molecule has 4 aliphatic rings. The molecule has 18 heavy (non-hydrogen) atoms. The molecule has 0 spiro atoms. The molecule has 0 radical (unpaired) electrons. The van der Waals surface area contributed by atoms with Crippen LogP contribution in [0.2, 0.25) is 0 Å². The number of aromatic nitrogens is 2. The van der Waals surface area contributed by atoms with E-state index in [1.165, 1.54) is 32.5 Å².